The number of para-hydroxylation sites is 5. The van der Waals surface area contributed by atoms with Gasteiger partial charge in [-0.05, 0) is 106 Å². The molecule has 0 radical (unpaired) electrons. The SMILES string of the molecule is c1ccc(-c2nc(-c3ccccc3)nc(-c3ccc4c(c3)-c3c(-c5ccc6c(c5)c5cc7c8ccccc8n(-c8ccccc8)c7cc5n6-c5ccccc5)cccc3C43c4ccccc4Oc4ccccc43)n2)cc1. The molecule has 0 amide bonds. The van der Waals surface area contributed by atoms with Crippen LogP contribution in [0.4, 0.5) is 0 Å². The number of fused-ring (bicyclic) bond motifs is 15. The maximum atomic E-state index is 6.79. The fourth-order valence-electron chi connectivity index (χ4n) is 12.6. The molecule has 0 fully saturated rings. The standard InChI is InChI=1S/C70H43N5O/c1-5-20-44(21-6-1)67-71-68(45-22-7-2-8-23-45)73-69(72-67)47-36-38-56-55(41-47)66-50(29-19-32-59(66)70(56)57-30-14-17-34-64(57)76-65-35-18-15-31-58(65)70)46-37-39-61-52(40-46)54-42-53-51-28-13-16-33-60(51)74(48-24-9-3-10-25-48)62(53)43-63(54)75(61)49-26-11-4-12-27-49/h1-43H. The molecule has 11 aromatic carbocycles. The van der Waals surface area contributed by atoms with E-state index in [2.05, 4.69) is 234 Å². The largest absolute Gasteiger partial charge is 0.457 e. The molecule has 1 spiro atoms. The molecular weight excluding hydrogens is 927 g/mol. The van der Waals surface area contributed by atoms with Crippen LogP contribution >= 0.6 is 0 Å². The summed E-state index contributed by atoms with van der Waals surface area (Å²) in [5, 5.41) is 4.82. The molecular formula is C70H43N5O. The van der Waals surface area contributed by atoms with Crippen LogP contribution in [0.25, 0.3) is 111 Å². The van der Waals surface area contributed by atoms with Crippen molar-refractivity contribution in [3.8, 4) is 79.3 Å². The van der Waals surface area contributed by atoms with Gasteiger partial charge in [0, 0.05) is 60.7 Å². The van der Waals surface area contributed by atoms with Gasteiger partial charge in [0.25, 0.3) is 0 Å². The minimum atomic E-state index is -0.694. The zero-order chi connectivity index (χ0) is 49.9. The first-order valence-electron chi connectivity index (χ1n) is 25.8. The van der Waals surface area contributed by atoms with Gasteiger partial charge in [-0.3, -0.25) is 0 Å². The summed E-state index contributed by atoms with van der Waals surface area (Å²) in [7, 11) is 0. The van der Waals surface area contributed by atoms with E-state index in [-0.39, 0.29) is 0 Å². The molecule has 4 heterocycles. The first-order valence-corrected chi connectivity index (χ1v) is 25.8. The molecule has 354 valence electrons. The van der Waals surface area contributed by atoms with E-state index in [1.807, 2.05) is 36.4 Å². The Morgan fingerprint density at radius 3 is 1.41 bits per heavy atom. The van der Waals surface area contributed by atoms with Crippen molar-refractivity contribution < 1.29 is 4.74 Å². The van der Waals surface area contributed by atoms with Crippen LogP contribution in [0.5, 0.6) is 11.5 Å². The van der Waals surface area contributed by atoms with E-state index < -0.39 is 5.41 Å². The summed E-state index contributed by atoms with van der Waals surface area (Å²) in [6.07, 6.45) is 0. The number of ether oxygens (including phenoxy) is 1. The number of aromatic nitrogens is 5. The molecule has 0 atom stereocenters. The summed E-state index contributed by atoms with van der Waals surface area (Å²) in [5.74, 6) is 3.56. The minimum Gasteiger partial charge on any atom is -0.457 e. The molecule has 0 N–H and O–H groups in total. The molecule has 0 saturated heterocycles. The summed E-state index contributed by atoms with van der Waals surface area (Å²) in [6.45, 7) is 0. The van der Waals surface area contributed by atoms with Crippen molar-refractivity contribution in [2.24, 2.45) is 0 Å². The van der Waals surface area contributed by atoms with Crippen molar-refractivity contribution in [3.63, 3.8) is 0 Å². The highest BCUT2D eigenvalue weighted by Crippen LogP contribution is 2.64. The zero-order valence-corrected chi connectivity index (χ0v) is 41.0. The lowest BCUT2D eigenvalue weighted by Crippen LogP contribution is -2.32. The van der Waals surface area contributed by atoms with E-state index in [1.54, 1.807) is 0 Å². The van der Waals surface area contributed by atoms with Crippen LogP contribution in [0.1, 0.15) is 22.3 Å². The van der Waals surface area contributed by atoms with E-state index in [9.17, 15) is 0 Å². The molecule has 1 aliphatic carbocycles. The maximum absolute atomic E-state index is 6.79. The van der Waals surface area contributed by atoms with Crippen molar-refractivity contribution in [1.82, 2.24) is 24.1 Å². The van der Waals surface area contributed by atoms with Crippen LogP contribution < -0.4 is 4.74 Å². The van der Waals surface area contributed by atoms with Gasteiger partial charge < -0.3 is 13.9 Å². The fourth-order valence-corrected chi connectivity index (χ4v) is 12.6. The Morgan fingerprint density at radius 2 is 0.776 bits per heavy atom. The van der Waals surface area contributed by atoms with Crippen LogP contribution in [0.3, 0.4) is 0 Å². The van der Waals surface area contributed by atoms with Crippen molar-refractivity contribution in [1.29, 1.82) is 0 Å². The van der Waals surface area contributed by atoms with Gasteiger partial charge in [0.05, 0.1) is 27.5 Å². The number of nitrogens with zero attached hydrogens (tertiary/aromatic N) is 5. The fraction of sp³-hybridized carbons (Fsp3) is 0.0143. The lowest BCUT2D eigenvalue weighted by atomic mass is 9.66. The van der Waals surface area contributed by atoms with E-state index in [4.69, 9.17) is 19.7 Å². The predicted molar refractivity (Wildman–Crippen MR) is 308 cm³/mol. The first-order chi connectivity index (χ1) is 37.7. The monoisotopic (exact) mass is 969 g/mol. The Bertz CT molecular complexity index is 4550. The van der Waals surface area contributed by atoms with Gasteiger partial charge >= 0.3 is 0 Å². The minimum absolute atomic E-state index is 0.610. The van der Waals surface area contributed by atoms with Gasteiger partial charge in [-0.15, -0.1) is 0 Å². The lowest BCUT2D eigenvalue weighted by molar-refractivity contribution is 0.436. The summed E-state index contributed by atoms with van der Waals surface area (Å²) in [5.41, 5.74) is 18.1. The summed E-state index contributed by atoms with van der Waals surface area (Å²) in [6, 6.07) is 93.4. The second-order valence-electron chi connectivity index (χ2n) is 19.8. The summed E-state index contributed by atoms with van der Waals surface area (Å²) >= 11 is 0. The van der Waals surface area contributed by atoms with E-state index in [0.29, 0.717) is 17.5 Å². The van der Waals surface area contributed by atoms with Crippen LogP contribution in [0.2, 0.25) is 0 Å². The van der Waals surface area contributed by atoms with Gasteiger partial charge in [-0.2, -0.15) is 0 Å². The normalized spacial score (nSPS) is 12.9. The lowest BCUT2D eigenvalue weighted by Gasteiger charge is -2.39. The first kappa shape index (κ1) is 42.3. The Morgan fingerprint density at radius 1 is 0.289 bits per heavy atom. The summed E-state index contributed by atoms with van der Waals surface area (Å²) in [4.78, 5) is 15.5. The van der Waals surface area contributed by atoms with Crippen molar-refractivity contribution in [2.75, 3.05) is 0 Å². The average molecular weight is 970 g/mol. The number of hydrogen-bond acceptors (Lipinski definition) is 4. The molecule has 3 aromatic heterocycles. The van der Waals surface area contributed by atoms with Crippen molar-refractivity contribution in [3.05, 3.63) is 283 Å². The molecule has 16 rings (SSSR count). The Balaban J connectivity index is 0.975. The zero-order valence-electron chi connectivity index (χ0n) is 41.0. The molecule has 0 unspecified atom stereocenters. The molecule has 0 saturated carbocycles. The van der Waals surface area contributed by atoms with Gasteiger partial charge in [0.2, 0.25) is 0 Å². The quantitative estimate of drug-likeness (QED) is 0.167. The second kappa shape index (κ2) is 16.4. The van der Waals surface area contributed by atoms with Gasteiger partial charge in [0.15, 0.2) is 17.5 Å². The smallest absolute Gasteiger partial charge is 0.164 e. The Hall–Kier alpha value is -10.2. The van der Waals surface area contributed by atoms with Crippen molar-refractivity contribution in [2.45, 2.75) is 5.41 Å². The highest BCUT2D eigenvalue weighted by Gasteiger charge is 2.51. The second-order valence-corrected chi connectivity index (χ2v) is 19.8. The molecule has 6 heteroatoms. The average Bonchev–Trinajstić information content (AvgIpc) is 4.16. The van der Waals surface area contributed by atoms with Crippen LogP contribution in [-0.2, 0) is 5.41 Å². The third-order valence-electron chi connectivity index (χ3n) is 15.8. The van der Waals surface area contributed by atoms with Crippen LogP contribution in [0, 0.1) is 0 Å². The van der Waals surface area contributed by atoms with Gasteiger partial charge in [-0.25, -0.2) is 15.0 Å². The molecule has 1 aliphatic heterocycles. The van der Waals surface area contributed by atoms with Crippen molar-refractivity contribution >= 4 is 43.6 Å². The highest BCUT2D eigenvalue weighted by atomic mass is 16.5. The van der Waals surface area contributed by atoms with Gasteiger partial charge in [0.1, 0.15) is 11.5 Å². The van der Waals surface area contributed by atoms with Crippen LogP contribution in [-0.4, -0.2) is 24.1 Å². The Labute approximate surface area is 438 Å². The van der Waals surface area contributed by atoms with E-state index >= 15 is 0 Å². The van der Waals surface area contributed by atoms with Crippen LogP contribution in [0.15, 0.2) is 261 Å². The molecule has 0 bridgehead atoms. The van der Waals surface area contributed by atoms with E-state index in [1.165, 1.54) is 49.3 Å². The molecule has 6 nitrogen and oxygen atoms in total. The van der Waals surface area contributed by atoms with E-state index in [0.717, 1.165) is 78.4 Å². The number of rotatable bonds is 6. The predicted octanol–water partition coefficient (Wildman–Crippen LogP) is 17.2. The topological polar surface area (TPSA) is 57.8 Å². The number of hydrogen-bond donors (Lipinski definition) is 0. The highest BCUT2D eigenvalue weighted by molar-refractivity contribution is 6.20. The maximum Gasteiger partial charge on any atom is 0.164 e. The number of benzene rings is 11. The third kappa shape index (κ3) is 6.12. The molecule has 76 heavy (non-hydrogen) atoms. The van der Waals surface area contributed by atoms with Gasteiger partial charge in [-0.1, -0.05) is 188 Å². The molecule has 2 aliphatic rings. The Kier molecular flexibility index (Phi) is 9.15. The molecule has 14 aromatic rings. The summed E-state index contributed by atoms with van der Waals surface area (Å²) < 4.78 is 11.6. The third-order valence-corrected chi connectivity index (χ3v) is 15.8.